The van der Waals surface area contributed by atoms with Gasteiger partial charge in [-0.1, -0.05) is 4.79 Å². The van der Waals surface area contributed by atoms with E-state index in [2.05, 4.69) is 36.0 Å². The SMILES string of the molecule is O=C(O)n1nnnc1[N+](=O)[O-].[N-]=[N+]=Nn1ccnn1. The van der Waals surface area contributed by atoms with Gasteiger partial charge in [0.25, 0.3) is 0 Å². The van der Waals surface area contributed by atoms with E-state index in [-0.39, 0.29) is 4.68 Å². The minimum absolute atomic E-state index is 0.0694. The Bertz CT molecular complexity index is 580. The molecular weight excluding hydrogens is 266 g/mol. The highest BCUT2D eigenvalue weighted by atomic mass is 16.6. The van der Waals surface area contributed by atoms with Crippen molar-refractivity contribution < 1.29 is 14.8 Å². The topological polar surface area (TPSA) is 204 Å². The summed E-state index contributed by atoms with van der Waals surface area (Å²) in [4.78, 5) is 22.6. The van der Waals surface area contributed by atoms with Crippen molar-refractivity contribution >= 4 is 12.0 Å². The molecule has 2 rings (SSSR count). The molecule has 0 atom stereocenters. The molecular formula is C4H3N11O4. The van der Waals surface area contributed by atoms with Crippen molar-refractivity contribution in [1.29, 1.82) is 0 Å². The zero-order chi connectivity index (χ0) is 14.3. The van der Waals surface area contributed by atoms with Gasteiger partial charge in [0.05, 0.1) is 16.5 Å². The third-order valence-electron chi connectivity index (χ3n) is 1.34. The zero-order valence-corrected chi connectivity index (χ0v) is 8.75. The number of rotatable bonds is 2. The van der Waals surface area contributed by atoms with Gasteiger partial charge in [-0.25, -0.2) is 4.79 Å². The third-order valence-corrected chi connectivity index (χ3v) is 1.34. The summed E-state index contributed by atoms with van der Waals surface area (Å²) in [6, 6.07) is 0. The van der Waals surface area contributed by atoms with Gasteiger partial charge < -0.3 is 15.2 Å². The Morgan fingerprint density at radius 3 is 2.74 bits per heavy atom. The third kappa shape index (κ3) is 3.71. The number of carbonyl (C=O) groups is 1. The van der Waals surface area contributed by atoms with E-state index in [1.54, 1.807) is 0 Å². The Labute approximate surface area is 101 Å². The molecule has 2 heterocycles. The van der Waals surface area contributed by atoms with Crippen molar-refractivity contribution in [3.05, 3.63) is 33.0 Å². The van der Waals surface area contributed by atoms with Crippen LogP contribution < -0.4 is 0 Å². The number of hydrogen-bond acceptors (Lipinski definition) is 9. The molecule has 1 N–H and O–H groups in total. The van der Waals surface area contributed by atoms with E-state index < -0.39 is 17.0 Å². The lowest BCUT2D eigenvalue weighted by molar-refractivity contribution is -0.396. The first-order valence-corrected chi connectivity index (χ1v) is 4.14. The van der Waals surface area contributed by atoms with Crippen molar-refractivity contribution in [2.45, 2.75) is 0 Å². The minimum atomic E-state index is -1.60. The predicted octanol–water partition coefficient (Wildman–Crippen LogP) is -0.541. The molecule has 15 nitrogen and oxygen atoms in total. The van der Waals surface area contributed by atoms with Crippen LogP contribution in [0, 0.1) is 10.1 Å². The molecule has 0 radical (unpaired) electrons. The fourth-order valence-electron chi connectivity index (χ4n) is 0.711. The van der Waals surface area contributed by atoms with Gasteiger partial charge >= 0.3 is 12.0 Å². The van der Waals surface area contributed by atoms with Crippen LogP contribution in [0.3, 0.4) is 0 Å². The quantitative estimate of drug-likeness (QED) is 0.185. The number of hydrogen-bond donors (Lipinski definition) is 1. The monoisotopic (exact) mass is 269 g/mol. The van der Waals surface area contributed by atoms with Crippen molar-refractivity contribution in [2.75, 3.05) is 0 Å². The number of aromatic nitrogens is 7. The molecule has 98 valence electrons. The lowest BCUT2D eigenvalue weighted by atomic mass is 11.0. The highest BCUT2D eigenvalue weighted by Crippen LogP contribution is 2.00. The van der Waals surface area contributed by atoms with E-state index in [1.807, 2.05) is 0 Å². The van der Waals surface area contributed by atoms with Gasteiger partial charge in [-0.3, -0.25) is 0 Å². The second-order valence-corrected chi connectivity index (χ2v) is 2.43. The molecule has 15 heteroatoms. The van der Waals surface area contributed by atoms with E-state index in [0.717, 1.165) is 4.79 Å². The standard InChI is InChI=1S/C2H2N6.C2HN5O4/c3-5-7-8-2-1-4-6-8;8-2(9)6-1(7(10)11)3-4-5-6/h1-2H;(H,8,9). The van der Waals surface area contributed by atoms with Gasteiger partial charge in [-0.15, -0.1) is 10.6 Å². The molecule has 2 aromatic rings. The number of nitro groups is 1. The first-order valence-electron chi connectivity index (χ1n) is 4.14. The smallest absolute Gasteiger partial charge is 0.451 e. The fourth-order valence-corrected chi connectivity index (χ4v) is 0.711. The summed E-state index contributed by atoms with van der Waals surface area (Å²) in [7, 11) is 0. The first-order chi connectivity index (χ1) is 9.06. The lowest BCUT2D eigenvalue weighted by Gasteiger charge is -1.88. The Morgan fingerprint density at radius 1 is 1.58 bits per heavy atom. The van der Waals surface area contributed by atoms with E-state index in [4.69, 9.17) is 10.6 Å². The van der Waals surface area contributed by atoms with Gasteiger partial charge in [-0.05, 0) is 9.61 Å². The Morgan fingerprint density at radius 2 is 2.32 bits per heavy atom. The normalized spacial score (nSPS) is 8.84. The molecule has 0 saturated heterocycles. The molecule has 19 heavy (non-hydrogen) atoms. The van der Waals surface area contributed by atoms with Crippen molar-refractivity contribution in [2.24, 2.45) is 5.22 Å². The van der Waals surface area contributed by atoms with Crippen LogP contribution in [0.2, 0.25) is 0 Å². The van der Waals surface area contributed by atoms with Crippen LogP contribution in [-0.2, 0) is 0 Å². The predicted molar refractivity (Wildman–Crippen MR) is 52.5 cm³/mol. The summed E-state index contributed by atoms with van der Waals surface area (Å²) in [6.45, 7) is 0. The highest BCUT2D eigenvalue weighted by Gasteiger charge is 2.23. The molecule has 0 unspecified atom stereocenters. The molecule has 0 aliphatic carbocycles. The Balaban J connectivity index is 0.000000200. The van der Waals surface area contributed by atoms with Crippen molar-refractivity contribution in [1.82, 2.24) is 35.3 Å². The van der Waals surface area contributed by atoms with Gasteiger partial charge in [0, 0.05) is 15.7 Å². The van der Waals surface area contributed by atoms with Crippen LogP contribution in [0.4, 0.5) is 10.7 Å². The zero-order valence-electron chi connectivity index (χ0n) is 8.75. The number of azide groups is 1. The number of tetrazole rings is 1. The van der Waals surface area contributed by atoms with Crippen LogP contribution in [0.15, 0.2) is 17.6 Å². The van der Waals surface area contributed by atoms with Crippen LogP contribution in [0.25, 0.3) is 10.4 Å². The average Bonchev–Trinajstić information content (AvgIpc) is 3.00. The number of carboxylic acid groups (broad SMARTS) is 1. The van der Waals surface area contributed by atoms with E-state index >= 15 is 0 Å². The van der Waals surface area contributed by atoms with Gasteiger partial charge in [0.1, 0.15) is 6.20 Å². The van der Waals surface area contributed by atoms with E-state index in [0.29, 0.717) is 0 Å². The molecule has 0 saturated carbocycles. The molecule has 0 aliphatic rings. The molecule has 0 fully saturated rings. The molecule has 0 spiro atoms. The Kier molecular flexibility index (Phi) is 4.39. The summed E-state index contributed by atoms with van der Waals surface area (Å²) >= 11 is 0. The van der Waals surface area contributed by atoms with Gasteiger partial charge in [0.15, 0.2) is 0 Å². The average molecular weight is 269 g/mol. The second-order valence-electron chi connectivity index (χ2n) is 2.43. The molecule has 0 amide bonds. The Hall–Kier alpha value is -3.61. The molecule has 0 aromatic carbocycles. The largest absolute Gasteiger partial charge is 0.502 e. The van der Waals surface area contributed by atoms with Crippen LogP contribution in [0.1, 0.15) is 0 Å². The van der Waals surface area contributed by atoms with Crippen molar-refractivity contribution in [3.8, 4) is 0 Å². The van der Waals surface area contributed by atoms with Crippen molar-refractivity contribution in [3.63, 3.8) is 0 Å². The maximum absolute atomic E-state index is 10.1. The maximum atomic E-state index is 10.1. The lowest BCUT2D eigenvalue weighted by Crippen LogP contribution is -2.12. The highest BCUT2D eigenvalue weighted by molar-refractivity contribution is 5.68. The summed E-state index contributed by atoms with van der Waals surface area (Å²) in [6.07, 6.45) is 1.27. The summed E-state index contributed by atoms with van der Waals surface area (Å²) in [5.74, 6) is -0.919. The summed E-state index contributed by atoms with van der Waals surface area (Å²) < 4.78 is 0.0694. The second kappa shape index (κ2) is 6.21. The molecule has 2 aromatic heterocycles. The van der Waals surface area contributed by atoms with Gasteiger partial charge in [-0.2, -0.15) is 4.91 Å². The summed E-state index contributed by atoms with van der Waals surface area (Å²) in [5, 5.41) is 36.5. The van der Waals surface area contributed by atoms with Crippen LogP contribution >= 0.6 is 0 Å². The minimum Gasteiger partial charge on any atom is -0.451 e. The maximum Gasteiger partial charge on any atom is 0.502 e. The summed E-state index contributed by atoms with van der Waals surface area (Å²) in [5.41, 5.74) is 7.81. The van der Waals surface area contributed by atoms with E-state index in [9.17, 15) is 14.9 Å². The number of nitrogens with zero attached hydrogens (tertiary/aromatic N) is 11. The fraction of sp³-hybridized carbons (Fsp3) is 0. The van der Waals surface area contributed by atoms with Crippen LogP contribution in [0.5, 0.6) is 0 Å². The van der Waals surface area contributed by atoms with Crippen LogP contribution in [-0.4, -0.2) is 51.4 Å². The molecule has 0 aliphatic heterocycles. The molecule has 0 bridgehead atoms. The van der Waals surface area contributed by atoms with Gasteiger partial charge in [0.2, 0.25) is 0 Å². The first kappa shape index (κ1) is 13.5. The van der Waals surface area contributed by atoms with E-state index in [1.165, 1.54) is 12.4 Å².